The minimum Gasteiger partial charge on any atom is -0.466 e. The van der Waals surface area contributed by atoms with Crippen molar-refractivity contribution >= 4 is 34.5 Å². The van der Waals surface area contributed by atoms with Crippen molar-refractivity contribution in [2.24, 2.45) is 10.2 Å². The third-order valence-corrected chi connectivity index (χ3v) is 5.00. The smallest absolute Gasteiger partial charge is 0.331 e. The van der Waals surface area contributed by atoms with Crippen LogP contribution < -0.4 is 0 Å². The fourth-order valence-corrected chi connectivity index (χ4v) is 3.40. The van der Waals surface area contributed by atoms with E-state index in [1.807, 2.05) is 67.6 Å². The number of carbonyl (C=O) groups is 2. The van der Waals surface area contributed by atoms with Crippen LogP contribution in [0.5, 0.6) is 0 Å². The fourth-order valence-electron chi connectivity index (χ4n) is 2.51. The average molecular weight is 393 g/mol. The van der Waals surface area contributed by atoms with Gasteiger partial charge in [-0.3, -0.25) is 9.69 Å². The zero-order chi connectivity index (χ0) is 19.9. The van der Waals surface area contributed by atoms with Gasteiger partial charge in [0.1, 0.15) is 0 Å². The van der Waals surface area contributed by atoms with Crippen LogP contribution in [0.1, 0.15) is 18.1 Å². The maximum absolute atomic E-state index is 12.8. The number of hydrogen-bond donors (Lipinski definition) is 0. The molecule has 28 heavy (non-hydrogen) atoms. The lowest BCUT2D eigenvalue weighted by Gasteiger charge is -2.14. The molecule has 1 heterocycles. The van der Waals surface area contributed by atoms with Gasteiger partial charge in [-0.25, -0.2) is 4.79 Å². The molecule has 0 atom stereocenters. The molecule has 1 aliphatic heterocycles. The van der Waals surface area contributed by atoms with E-state index >= 15 is 0 Å². The standard InChI is InChI=1S/C21H19N3O3S/c1-15(17-11-7-4-8-12-17)22-23-21-24(14-16-9-5-3-6-10-16)20(26)18(28-21)13-19(25)27-2/h3-13H,14H2,1-2H3/b18-13-,22-15+,23-21-. The fraction of sp³-hybridized carbons (Fsp3) is 0.143. The lowest BCUT2D eigenvalue weighted by molar-refractivity contribution is -0.135. The molecule has 1 aliphatic rings. The number of hydrogen-bond acceptors (Lipinski definition) is 6. The van der Waals surface area contributed by atoms with Crippen molar-refractivity contribution < 1.29 is 14.3 Å². The average Bonchev–Trinajstić information content (AvgIpc) is 3.02. The molecule has 1 fully saturated rings. The van der Waals surface area contributed by atoms with E-state index in [0.29, 0.717) is 11.7 Å². The summed E-state index contributed by atoms with van der Waals surface area (Å²) in [6.45, 7) is 2.19. The van der Waals surface area contributed by atoms with Crippen LogP contribution in [0.3, 0.4) is 0 Å². The number of benzene rings is 2. The molecular weight excluding hydrogens is 374 g/mol. The highest BCUT2D eigenvalue weighted by Gasteiger charge is 2.34. The molecule has 0 aromatic heterocycles. The molecule has 3 rings (SSSR count). The summed E-state index contributed by atoms with van der Waals surface area (Å²) in [4.78, 5) is 26.1. The van der Waals surface area contributed by atoms with E-state index < -0.39 is 5.97 Å². The number of nitrogens with zero attached hydrogens (tertiary/aromatic N) is 3. The lowest BCUT2D eigenvalue weighted by Crippen LogP contribution is -2.28. The zero-order valence-corrected chi connectivity index (χ0v) is 16.3. The van der Waals surface area contributed by atoms with Crippen LogP contribution in [0.15, 0.2) is 81.8 Å². The van der Waals surface area contributed by atoms with Crippen molar-refractivity contribution in [3.63, 3.8) is 0 Å². The molecule has 0 aliphatic carbocycles. The molecule has 0 unspecified atom stereocenters. The van der Waals surface area contributed by atoms with Crippen molar-refractivity contribution in [3.05, 3.63) is 82.8 Å². The van der Waals surface area contributed by atoms with E-state index in [1.54, 1.807) is 0 Å². The number of amides is 1. The Morgan fingerprint density at radius 2 is 1.75 bits per heavy atom. The number of esters is 1. The van der Waals surface area contributed by atoms with Crippen molar-refractivity contribution in [2.75, 3.05) is 7.11 Å². The van der Waals surface area contributed by atoms with E-state index in [4.69, 9.17) is 0 Å². The van der Waals surface area contributed by atoms with E-state index in [1.165, 1.54) is 18.1 Å². The predicted molar refractivity (Wildman–Crippen MR) is 111 cm³/mol. The number of ether oxygens (including phenoxy) is 1. The van der Waals surface area contributed by atoms with Gasteiger partial charge in [-0.05, 0) is 29.8 Å². The molecule has 2 aromatic carbocycles. The third-order valence-electron chi connectivity index (χ3n) is 4.00. The predicted octanol–water partition coefficient (Wildman–Crippen LogP) is 3.60. The maximum Gasteiger partial charge on any atom is 0.331 e. The van der Waals surface area contributed by atoms with Crippen LogP contribution in [-0.4, -0.2) is 34.8 Å². The summed E-state index contributed by atoms with van der Waals surface area (Å²) >= 11 is 1.11. The summed E-state index contributed by atoms with van der Waals surface area (Å²) < 4.78 is 4.64. The highest BCUT2D eigenvalue weighted by Crippen LogP contribution is 2.32. The van der Waals surface area contributed by atoms with Gasteiger partial charge in [0.25, 0.3) is 5.91 Å². The second kappa shape index (κ2) is 9.14. The van der Waals surface area contributed by atoms with Crippen LogP contribution in [0, 0.1) is 0 Å². The molecule has 0 bridgehead atoms. The number of thioether (sulfide) groups is 1. The van der Waals surface area contributed by atoms with Crippen molar-refractivity contribution in [3.8, 4) is 0 Å². The second-order valence-corrected chi connectivity index (χ2v) is 6.95. The topological polar surface area (TPSA) is 71.3 Å². The Labute approximate surface area is 167 Å². The Morgan fingerprint density at radius 3 is 2.39 bits per heavy atom. The van der Waals surface area contributed by atoms with E-state index in [2.05, 4.69) is 14.9 Å². The van der Waals surface area contributed by atoms with Crippen molar-refractivity contribution in [1.82, 2.24) is 4.90 Å². The van der Waals surface area contributed by atoms with Gasteiger partial charge in [0.15, 0.2) is 5.17 Å². The van der Waals surface area contributed by atoms with Gasteiger partial charge in [0.2, 0.25) is 0 Å². The van der Waals surface area contributed by atoms with Crippen LogP contribution in [0.25, 0.3) is 0 Å². The molecule has 0 spiro atoms. The lowest BCUT2D eigenvalue weighted by atomic mass is 10.1. The molecule has 142 valence electrons. The SMILES string of the molecule is COC(=O)/C=C1\S/C(=N\N=C(/C)c2ccccc2)N(Cc2ccccc2)C1=O. The Balaban J connectivity index is 1.92. The number of carbonyl (C=O) groups excluding carboxylic acids is 2. The number of amidine groups is 1. The molecular formula is C21H19N3O3S. The Bertz CT molecular complexity index is 953. The Hall–Kier alpha value is -3.19. The normalized spacial score (nSPS) is 17.4. The van der Waals surface area contributed by atoms with Gasteiger partial charge in [0.05, 0.1) is 24.3 Å². The number of rotatable bonds is 5. The first-order chi connectivity index (χ1) is 13.6. The van der Waals surface area contributed by atoms with Crippen LogP contribution in [0.4, 0.5) is 0 Å². The first kappa shape index (κ1) is 19.6. The minimum atomic E-state index is -0.583. The Kier molecular flexibility index (Phi) is 6.39. The largest absolute Gasteiger partial charge is 0.466 e. The summed E-state index contributed by atoms with van der Waals surface area (Å²) in [6, 6.07) is 19.2. The summed E-state index contributed by atoms with van der Waals surface area (Å²) in [5.74, 6) is -0.883. The summed E-state index contributed by atoms with van der Waals surface area (Å²) in [7, 11) is 1.27. The summed E-state index contributed by atoms with van der Waals surface area (Å²) in [5, 5.41) is 8.99. The highest BCUT2D eigenvalue weighted by atomic mass is 32.2. The van der Waals surface area contributed by atoms with Gasteiger partial charge < -0.3 is 4.74 Å². The van der Waals surface area contributed by atoms with E-state index in [9.17, 15) is 9.59 Å². The summed E-state index contributed by atoms with van der Waals surface area (Å²) in [6.07, 6.45) is 1.18. The van der Waals surface area contributed by atoms with Gasteiger partial charge >= 0.3 is 5.97 Å². The minimum absolute atomic E-state index is 0.258. The molecule has 1 amide bonds. The van der Waals surface area contributed by atoms with Gasteiger partial charge in [-0.1, -0.05) is 60.7 Å². The van der Waals surface area contributed by atoms with E-state index in [-0.39, 0.29) is 10.8 Å². The van der Waals surface area contributed by atoms with Gasteiger partial charge in [-0.15, -0.1) is 5.10 Å². The monoisotopic (exact) mass is 393 g/mol. The molecule has 1 saturated heterocycles. The zero-order valence-electron chi connectivity index (χ0n) is 15.5. The van der Waals surface area contributed by atoms with Gasteiger partial charge in [-0.2, -0.15) is 5.10 Å². The molecule has 0 N–H and O–H groups in total. The first-order valence-electron chi connectivity index (χ1n) is 8.59. The molecule has 0 radical (unpaired) electrons. The Morgan fingerprint density at radius 1 is 1.11 bits per heavy atom. The number of methoxy groups -OCH3 is 1. The quantitative estimate of drug-likeness (QED) is 0.337. The van der Waals surface area contributed by atoms with Crippen LogP contribution in [0.2, 0.25) is 0 Å². The summed E-state index contributed by atoms with van der Waals surface area (Å²) in [5.41, 5.74) is 2.62. The third kappa shape index (κ3) is 4.75. The van der Waals surface area contributed by atoms with Crippen LogP contribution in [-0.2, 0) is 20.9 Å². The highest BCUT2D eigenvalue weighted by molar-refractivity contribution is 8.18. The second-order valence-electron chi connectivity index (χ2n) is 5.94. The van der Waals surface area contributed by atoms with Crippen molar-refractivity contribution in [1.29, 1.82) is 0 Å². The first-order valence-corrected chi connectivity index (χ1v) is 9.41. The van der Waals surface area contributed by atoms with E-state index in [0.717, 1.165) is 28.6 Å². The molecule has 2 aromatic rings. The van der Waals surface area contributed by atoms with Gasteiger partial charge in [0, 0.05) is 6.08 Å². The van der Waals surface area contributed by atoms with Crippen LogP contribution >= 0.6 is 11.8 Å². The maximum atomic E-state index is 12.8. The molecule has 6 nitrogen and oxygen atoms in total. The molecule has 0 saturated carbocycles. The molecule has 7 heteroatoms. The van der Waals surface area contributed by atoms with Crippen molar-refractivity contribution in [2.45, 2.75) is 13.5 Å².